The van der Waals surface area contributed by atoms with Crippen LogP contribution in [0.1, 0.15) is 60.3 Å². The third-order valence-electron chi connectivity index (χ3n) is 3.49. The Bertz CT molecular complexity index is 297. The fourth-order valence-corrected chi connectivity index (χ4v) is 2.75. The van der Waals surface area contributed by atoms with Gasteiger partial charge >= 0.3 is 6.09 Å². The Hall–Kier alpha value is -0.770. The van der Waals surface area contributed by atoms with E-state index in [9.17, 15) is 4.79 Å². The zero-order valence-electron chi connectivity index (χ0n) is 13.9. The van der Waals surface area contributed by atoms with Gasteiger partial charge in [-0.2, -0.15) is 0 Å². The molecule has 0 aromatic carbocycles. The molecular weight excluding hydrogens is 252 g/mol. The molecule has 0 aromatic heterocycles. The molecule has 1 unspecified atom stereocenters. The van der Waals surface area contributed by atoms with E-state index in [1.807, 2.05) is 20.8 Å². The van der Waals surface area contributed by atoms with Crippen molar-refractivity contribution in [2.75, 3.05) is 19.6 Å². The second-order valence-corrected chi connectivity index (χ2v) is 7.26. The van der Waals surface area contributed by atoms with Gasteiger partial charge in [-0.05, 0) is 52.5 Å². The number of ether oxygens (including phenoxy) is 1. The van der Waals surface area contributed by atoms with Crippen LogP contribution in [0, 0.1) is 5.92 Å². The van der Waals surface area contributed by atoms with Gasteiger partial charge in [0, 0.05) is 19.1 Å². The molecule has 0 saturated carbocycles. The summed E-state index contributed by atoms with van der Waals surface area (Å²) in [6, 6.07) is 0.612. The molecule has 1 N–H and O–H groups in total. The standard InChI is InChI=1S/C16H32N2O2/c1-13(2)12-18-11-7-6-8-14(18)9-10-17-15(19)20-16(3,4)5/h13-14H,6-12H2,1-5H3,(H,17,19). The van der Waals surface area contributed by atoms with Gasteiger partial charge in [-0.3, -0.25) is 0 Å². The summed E-state index contributed by atoms with van der Waals surface area (Å²) in [7, 11) is 0. The van der Waals surface area contributed by atoms with Crippen LogP contribution in [0.2, 0.25) is 0 Å². The Kier molecular flexibility index (Phi) is 6.80. The highest BCUT2D eigenvalue weighted by Crippen LogP contribution is 2.20. The second kappa shape index (κ2) is 7.87. The van der Waals surface area contributed by atoms with Crippen LogP contribution in [0.4, 0.5) is 4.79 Å². The van der Waals surface area contributed by atoms with E-state index in [1.54, 1.807) is 0 Å². The quantitative estimate of drug-likeness (QED) is 0.841. The monoisotopic (exact) mass is 284 g/mol. The largest absolute Gasteiger partial charge is 0.444 e. The summed E-state index contributed by atoms with van der Waals surface area (Å²) in [5.41, 5.74) is -0.418. The number of carbonyl (C=O) groups is 1. The van der Waals surface area contributed by atoms with Gasteiger partial charge in [-0.1, -0.05) is 20.3 Å². The van der Waals surface area contributed by atoms with E-state index in [2.05, 4.69) is 24.1 Å². The van der Waals surface area contributed by atoms with E-state index in [1.165, 1.54) is 25.8 Å². The number of carbonyl (C=O) groups excluding carboxylic acids is 1. The lowest BCUT2D eigenvalue weighted by Crippen LogP contribution is -2.43. The minimum Gasteiger partial charge on any atom is -0.444 e. The summed E-state index contributed by atoms with van der Waals surface area (Å²) >= 11 is 0. The molecule has 0 aromatic rings. The average molecular weight is 284 g/mol. The van der Waals surface area contributed by atoms with Gasteiger partial charge in [0.1, 0.15) is 5.60 Å². The first-order valence-electron chi connectivity index (χ1n) is 7.99. The molecule has 1 aliphatic heterocycles. The number of hydrogen-bond donors (Lipinski definition) is 1. The Morgan fingerprint density at radius 1 is 1.35 bits per heavy atom. The lowest BCUT2D eigenvalue weighted by Gasteiger charge is -2.37. The summed E-state index contributed by atoms with van der Waals surface area (Å²) < 4.78 is 5.25. The van der Waals surface area contributed by atoms with Crippen LogP contribution in [-0.2, 0) is 4.74 Å². The van der Waals surface area contributed by atoms with Crippen LogP contribution >= 0.6 is 0 Å². The van der Waals surface area contributed by atoms with E-state index in [-0.39, 0.29) is 6.09 Å². The van der Waals surface area contributed by atoms with Gasteiger partial charge in [0.05, 0.1) is 0 Å². The Balaban J connectivity index is 2.29. The third-order valence-corrected chi connectivity index (χ3v) is 3.49. The lowest BCUT2D eigenvalue weighted by atomic mass is 9.98. The van der Waals surface area contributed by atoms with Crippen LogP contribution in [0.5, 0.6) is 0 Å². The van der Waals surface area contributed by atoms with Gasteiger partial charge in [-0.15, -0.1) is 0 Å². The molecule has 1 heterocycles. The Morgan fingerprint density at radius 3 is 2.65 bits per heavy atom. The molecule has 1 saturated heterocycles. The van der Waals surface area contributed by atoms with Crippen LogP contribution in [0.3, 0.4) is 0 Å². The molecule has 1 rings (SSSR count). The molecule has 0 bridgehead atoms. The van der Waals surface area contributed by atoms with E-state index in [0.717, 1.165) is 13.0 Å². The van der Waals surface area contributed by atoms with Crippen molar-refractivity contribution in [1.82, 2.24) is 10.2 Å². The summed E-state index contributed by atoms with van der Waals surface area (Å²) in [4.78, 5) is 14.2. The minimum atomic E-state index is -0.418. The van der Waals surface area contributed by atoms with E-state index in [4.69, 9.17) is 4.74 Å². The van der Waals surface area contributed by atoms with Crippen molar-refractivity contribution in [2.24, 2.45) is 5.92 Å². The van der Waals surface area contributed by atoms with Gasteiger partial charge in [-0.25, -0.2) is 4.79 Å². The number of nitrogens with one attached hydrogen (secondary N) is 1. The normalized spacial score (nSPS) is 21.0. The zero-order valence-corrected chi connectivity index (χ0v) is 13.9. The van der Waals surface area contributed by atoms with Crippen molar-refractivity contribution in [3.05, 3.63) is 0 Å². The van der Waals surface area contributed by atoms with Gasteiger partial charge in [0.15, 0.2) is 0 Å². The van der Waals surface area contributed by atoms with E-state index >= 15 is 0 Å². The maximum Gasteiger partial charge on any atom is 0.407 e. The van der Waals surface area contributed by atoms with Crippen molar-refractivity contribution in [3.8, 4) is 0 Å². The first-order valence-corrected chi connectivity index (χ1v) is 7.99. The highest BCUT2D eigenvalue weighted by molar-refractivity contribution is 5.67. The number of amides is 1. The predicted molar refractivity (Wildman–Crippen MR) is 82.9 cm³/mol. The van der Waals surface area contributed by atoms with Gasteiger partial charge in [0.2, 0.25) is 0 Å². The van der Waals surface area contributed by atoms with Crippen molar-refractivity contribution >= 4 is 6.09 Å². The zero-order chi connectivity index (χ0) is 15.2. The summed E-state index contributed by atoms with van der Waals surface area (Å²) in [5.74, 6) is 0.703. The topological polar surface area (TPSA) is 41.6 Å². The summed E-state index contributed by atoms with van der Waals surface area (Å²) in [5, 5.41) is 2.87. The molecule has 20 heavy (non-hydrogen) atoms. The van der Waals surface area contributed by atoms with Crippen molar-refractivity contribution in [1.29, 1.82) is 0 Å². The Morgan fingerprint density at radius 2 is 2.05 bits per heavy atom. The first kappa shape index (κ1) is 17.3. The number of alkyl carbamates (subject to hydrolysis) is 1. The summed E-state index contributed by atoms with van der Waals surface area (Å²) in [6.07, 6.45) is 4.59. The van der Waals surface area contributed by atoms with Crippen LogP contribution in [0.15, 0.2) is 0 Å². The molecule has 4 heteroatoms. The highest BCUT2D eigenvalue weighted by Gasteiger charge is 2.23. The highest BCUT2D eigenvalue weighted by atomic mass is 16.6. The molecule has 1 amide bonds. The molecule has 4 nitrogen and oxygen atoms in total. The lowest BCUT2D eigenvalue weighted by molar-refractivity contribution is 0.0516. The molecule has 0 spiro atoms. The number of nitrogens with zero attached hydrogens (tertiary/aromatic N) is 1. The number of piperidine rings is 1. The molecule has 1 fully saturated rings. The molecule has 1 atom stereocenters. The van der Waals surface area contributed by atoms with Crippen molar-refractivity contribution in [2.45, 2.75) is 71.9 Å². The number of likely N-dealkylation sites (tertiary alicyclic amines) is 1. The van der Waals surface area contributed by atoms with Crippen LogP contribution < -0.4 is 5.32 Å². The van der Waals surface area contributed by atoms with Crippen molar-refractivity contribution < 1.29 is 9.53 Å². The first-order chi connectivity index (χ1) is 9.28. The SMILES string of the molecule is CC(C)CN1CCCCC1CCNC(=O)OC(C)(C)C. The molecule has 0 aliphatic carbocycles. The molecule has 118 valence electrons. The maximum atomic E-state index is 11.6. The Labute approximate surface area is 124 Å². The number of rotatable bonds is 5. The molecular formula is C16H32N2O2. The molecule has 1 aliphatic rings. The fraction of sp³-hybridized carbons (Fsp3) is 0.938. The van der Waals surface area contributed by atoms with Crippen LogP contribution in [-0.4, -0.2) is 42.3 Å². The number of hydrogen-bond acceptors (Lipinski definition) is 3. The third kappa shape index (κ3) is 7.13. The fourth-order valence-electron chi connectivity index (χ4n) is 2.75. The van der Waals surface area contributed by atoms with Crippen molar-refractivity contribution in [3.63, 3.8) is 0 Å². The summed E-state index contributed by atoms with van der Waals surface area (Å²) in [6.45, 7) is 13.3. The maximum absolute atomic E-state index is 11.6. The minimum absolute atomic E-state index is 0.302. The van der Waals surface area contributed by atoms with E-state index < -0.39 is 5.60 Å². The second-order valence-electron chi connectivity index (χ2n) is 7.26. The van der Waals surface area contributed by atoms with Gasteiger partial charge in [0.25, 0.3) is 0 Å². The predicted octanol–water partition coefficient (Wildman–Crippen LogP) is 3.41. The smallest absolute Gasteiger partial charge is 0.407 e. The van der Waals surface area contributed by atoms with E-state index in [0.29, 0.717) is 18.5 Å². The molecule has 0 radical (unpaired) electrons. The average Bonchev–Trinajstić information content (AvgIpc) is 2.28. The van der Waals surface area contributed by atoms with Gasteiger partial charge < -0.3 is 15.0 Å². The van der Waals surface area contributed by atoms with Crippen LogP contribution in [0.25, 0.3) is 0 Å².